The van der Waals surface area contributed by atoms with Crippen molar-refractivity contribution in [3.8, 4) is 0 Å². The monoisotopic (exact) mass is 285 g/mol. The number of aliphatic carboxylic acids is 1. The van der Waals surface area contributed by atoms with Crippen LogP contribution in [-0.4, -0.2) is 85.4 Å². The molecule has 0 spiro atoms. The van der Waals surface area contributed by atoms with Crippen LogP contribution in [0.5, 0.6) is 0 Å². The lowest BCUT2D eigenvalue weighted by atomic mass is 10.1. The third-order valence-corrected chi connectivity index (χ3v) is 3.92. The first-order chi connectivity index (χ1) is 9.56. The first-order valence-corrected chi connectivity index (χ1v) is 7.57. The van der Waals surface area contributed by atoms with Gasteiger partial charge in [-0.1, -0.05) is 13.8 Å². The average molecular weight is 285 g/mol. The van der Waals surface area contributed by atoms with Crippen LogP contribution in [0.3, 0.4) is 0 Å². The molecule has 0 aliphatic carbocycles. The molecule has 2 unspecified atom stereocenters. The Morgan fingerprint density at radius 1 is 1.45 bits per heavy atom. The number of morpholine rings is 1. The molecule has 0 saturated carbocycles. The van der Waals surface area contributed by atoms with E-state index in [2.05, 4.69) is 24.1 Å². The molecule has 2 heterocycles. The average Bonchev–Trinajstić information content (AvgIpc) is 2.38. The van der Waals surface area contributed by atoms with Crippen LogP contribution in [0.4, 0.5) is 0 Å². The molecule has 2 fully saturated rings. The van der Waals surface area contributed by atoms with Crippen molar-refractivity contribution in [3.63, 3.8) is 0 Å². The van der Waals surface area contributed by atoms with Crippen molar-refractivity contribution < 1.29 is 14.6 Å². The van der Waals surface area contributed by atoms with Gasteiger partial charge in [-0.05, 0) is 5.92 Å². The summed E-state index contributed by atoms with van der Waals surface area (Å²) in [6.07, 6.45) is 0.127. The summed E-state index contributed by atoms with van der Waals surface area (Å²) >= 11 is 0. The predicted octanol–water partition coefficient (Wildman–Crippen LogP) is -0.298. The van der Waals surface area contributed by atoms with E-state index in [1.165, 1.54) is 0 Å². The minimum Gasteiger partial charge on any atom is -0.480 e. The number of nitrogens with zero attached hydrogens (tertiary/aromatic N) is 2. The third kappa shape index (κ3) is 4.41. The zero-order valence-corrected chi connectivity index (χ0v) is 12.5. The summed E-state index contributed by atoms with van der Waals surface area (Å²) < 4.78 is 5.82. The maximum atomic E-state index is 11.3. The van der Waals surface area contributed by atoms with Gasteiger partial charge < -0.3 is 15.2 Å². The zero-order chi connectivity index (χ0) is 14.5. The van der Waals surface area contributed by atoms with Crippen LogP contribution in [0.1, 0.15) is 13.8 Å². The molecule has 6 nitrogen and oxygen atoms in total. The van der Waals surface area contributed by atoms with Gasteiger partial charge in [0.2, 0.25) is 0 Å². The second-order valence-electron chi connectivity index (χ2n) is 6.20. The van der Waals surface area contributed by atoms with Gasteiger partial charge in [0.25, 0.3) is 0 Å². The van der Waals surface area contributed by atoms with Gasteiger partial charge in [-0.2, -0.15) is 0 Å². The molecule has 0 radical (unpaired) electrons. The van der Waals surface area contributed by atoms with E-state index in [4.69, 9.17) is 4.74 Å². The fourth-order valence-corrected chi connectivity index (χ4v) is 3.04. The molecule has 0 aromatic heterocycles. The summed E-state index contributed by atoms with van der Waals surface area (Å²) in [6.45, 7) is 11.1. The van der Waals surface area contributed by atoms with Crippen molar-refractivity contribution in [2.45, 2.75) is 26.0 Å². The predicted molar refractivity (Wildman–Crippen MR) is 76.9 cm³/mol. The van der Waals surface area contributed by atoms with Gasteiger partial charge in [-0.3, -0.25) is 14.6 Å². The van der Waals surface area contributed by atoms with E-state index in [-0.39, 0.29) is 6.10 Å². The molecule has 0 amide bonds. The number of hydrogen-bond acceptors (Lipinski definition) is 5. The molecule has 0 aromatic carbocycles. The van der Waals surface area contributed by atoms with E-state index >= 15 is 0 Å². The Morgan fingerprint density at radius 3 is 2.95 bits per heavy atom. The molecular formula is C14H27N3O3. The summed E-state index contributed by atoms with van der Waals surface area (Å²) in [5.41, 5.74) is 0. The molecule has 2 saturated heterocycles. The van der Waals surface area contributed by atoms with Crippen molar-refractivity contribution in [2.24, 2.45) is 5.92 Å². The van der Waals surface area contributed by atoms with Crippen molar-refractivity contribution in [1.29, 1.82) is 0 Å². The van der Waals surface area contributed by atoms with Crippen LogP contribution in [0.25, 0.3) is 0 Å². The summed E-state index contributed by atoms with van der Waals surface area (Å²) in [4.78, 5) is 15.8. The molecule has 2 aliphatic rings. The number of hydrogen-bond donors (Lipinski definition) is 2. The molecule has 0 aromatic rings. The normalized spacial score (nSPS) is 29.8. The van der Waals surface area contributed by atoms with Crippen molar-refractivity contribution in [3.05, 3.63) is 0 Å². The van der Waals surface area contributed by atoms with E-state index in [1.807, 2.05) is 4.90 Å². The smallest absolute Gasteiger partial charge is 0.322 e. The highest BCUT2D eigenvalue weighted by molar-refractivity contribution is 5.74. The number of carboxylic acids is 1. The van der Waals surface area contributed by atoms with Crippen LogP contribution in [0, 0.1) is 5.92 Å². The molecule has 2 N–H and O–H groups in total. The van der Waals surface area contributed by atoms with Crippen LogP contribution in [0.2, 0.25) is 0 Å². The fourth-order valence-electron chi connectivity index (χ4n) is 3.04. The van der Waals surface area contributed by atoms with Crippen molar-refractivity contribution in [2.75, 3.05) is 52.4 Å². The Hall–Kier alpha value is -0.690. The largest absolute Gasteiger partial charge is 0.480 e. The Morgan fingerprint density at radius 2 is 2.25 bits per heavy atom. The quantitative estimate of drug-likeness (QED) is 0.723. The number of nitrogens with one attached hydrogen (secondary N) is 1. The Bertz CT molecular complexity index is 325. The van der Waals surface area contributed by atoms with Crippen LogP contribution in [0.15, 0.2) is 0 Å². The maximum absolute atomic E-state index is 11.3. The maximum Gasteiger partial charge on any atom is 0.322 e. The van der Waals surface area contributed by atoms with Gasteiger partial charge in [0.15, 0.2) is 0 Å². The van der Waals surface area contributed by atoms with Crippen molar-refractivity contribution in [1.82, 2.24) is 15.1 Å². The molecule has 6 heteroatoms. The van der Waals surface area contributed by atoms with Gasteiger partial charge in [0.05, 0.1) is 12.7 Å². The highest BCUT2D eigenvalue weighted by atomic mass is 16.5. The second kappa shape index (κ2) is 7.36. The number of ether oxygens (including phenoxy) is 1. The third-order valence-electron chi connectivity index (χ3n) is 3.92. The molecular weight excluding hydrogens is 258 g/mol. The standard InChI is InChI=1S/C14H27N3O3/c1-11(2)8-16-5-6-20-12(9-16)10-17-4-3-15-7-13(17)14(18)19/h11-13,15H,3-10H2,1-2H3,(H,18,19). The van der Waals surface area contributed by atoms with Crippen LogP contribution >= 0.6 is 0 Å². The summed E-state index contributed by atoms with van der Waals surface area (Å²) in [7, 11) is 0. The van der Waals surface area contributed by atoms with Crippen LogP contribution < -0.4 is 5.32 Å². The lowest BCUT2D eigenvalue weighted by Crippen LogP contribution is -2.58. The number of rotatable bonds is 5. The first-order valence-electron chi connectivity index (χ1n) is 7.57. The lowest BCUT2D eigenvalue weighted by Gasteiger charge is -2.39. The lowest BCUT2D eigenvalue weighted by molar-refractivity contribution is -0.145. The van der Waals surface area contributed by atoms with Gasteiger partial charge in [-0.25, -0.2) is 0 Å². The molecule has 2 rings (SSSR count). The van der Waals surface area contributed by atoms with E-state index in [9.17, 15) is 9.90 Å². The van der Waals surface area contributed by atoms with E-state index in [0.717, 1.165) is 39.3 Å². The van der Waals surface area contributed by atoms with E-state index in [1.54, 1.807) is 0 Å². The number of carboxylic acid groups (broad SMARTS) is 1. The molecule has 20 heavy (non-hydrogen) atoms. The van der Waals surface area contributed by atoms with E-state index < -0.39 is 12.0 Å². The minimum absolute atomic E-state index is 0.127. The Balaban J connectivity index is 1.86. The second-order valence-corrected chi connectivity index (χ2v) is 6.20. The number of piperazine rings is 1. The van der Waals surface area contributed by atoms with Crippen LogP contribution in [-0.2, 0) is 9.53 Å². The fraction of sp³-hybridized carbons (Fsp3) is 0.929. The summed E-state index contributed by atoms with van der Waals surface area (Å²) in [5, 5.41) is 12.4. The van der Waals surface area contributed by atoms with Gasteiger partial charge in [0.1, 0.15) is 6.04 Å². The highest BCUT2D eigenvalue weighted by Gasteiger charge is 2.31. The van der Waals surface area contributed by atoms with E-state index in [0.29, 0.717) is 19.0 Å². The summed E-state index contributed by atoms with van der Waals surface area (Å²) in [6, 6.07) is -0.423. The Kier molecular flexibility index (Phi) is 5.77. The topological polar surface area (TPSA) is 65.0 Å². The molecule has 2 atom stereocenters. The van der Waals surface area contributed by atoms with Gasteiger partial charge in [0, 0.05) is 45.8 Å². The Labute approximate surface area is 121 Å². The molecule has 0 bridgehead atoms. The molecule has 2 aliphatic heterocycles. The number of carbonyl (C=O) groups is 1. The molecule has 116 valence electrons. The van der Waals surface area contributed by atoms with Crippen molar-refractivity contribution >= 4 is 5.97 Å². The minimum atomic E-state index is -0.743. The SMILES string of the molecule is CC(C)CN1CCOC(CN2CCNCC2C(=O)O)C1. The zero-order valence-electron chi connectivity index (χ0n) is 12.5. The van der Waals surface area contributed by atoms with Gasteiger partial charge in [-0.15, -0.1) is 0 Å². The summed E-state index contributed by atoms with van der Waals surface area (Å²) in [5.74, 6) is -0.0910. The first kappa shape index (κ1) is 15.7. The van der Waals surface area contributed by atoms with Gasteiger partial charge >= 0.3 is 5.97 Å². The highest BCUT2D eigenvalue weighted by Crippen LogP contribution is 2.12.